The van der Waals surface area contributed by atoms with Crippen molar-refractivity contribution in [3.8, 4) is 28.6 Å². The second-order valence-electron chi connectivity index (χ2n) is 5.05. The number of hydrogen-bond donors (Lipinski definition) is 2. The van der Waals surface area contributed by atoms with Crippen LogP contribution in [-0.2, 0) is 0 Å². The van der Waals surface area contributed by atoms with Gasteiger partial charge in [0.15, 0.2) is 11.5 Å². The molecule has 0 saturated carbocycles. The third kappa shape index (κ3) is 1.89. The molecular weight excluding hydrogens is 268 g/mol. The third-order valence-electron chi connectivity index (χ3n) is 3.71. The molecule has 5 heteroatoms. The van der Waals surface area contributed by atoms with Crippen LogP contribution < -0.4 is 9.47 Å². The highest BCUT2D eigenvalue weighted by atomic mass is 16.6. The summed E-state index contributed by atoms with van der Waals surface area (Å²) < 4.78 is 11.1. The molecule has 0 unspecified atom stereocenters. The molecule has 21 heavy (non-hydrogen) atoms. The summed E-state index contributed by atoms with van der Waals surface area (Å²) in [7, 11) is 0. The van der Waals surface area contributed by atoms with E-state index in [0.717, 1.165) is 39.5 Å². The molecule has 1 aromatic heterocycles. The Balaban J connectivity index is 1.89. The van der Waals surface area contributed by atoms with Gasteiger partial charge in [-0.3, -0.25) is 0 Å². The summed E-state index contributed by atoms with van der Waals surface area (Å²) in [4.78, 5) is 7.86. The van der Waals surface area contributed by atoms with Crippen LogP contribution in [0.25, 0.3) is 22.4 Å². The van der Waals surface area contributed by atoms with Crippen LogP contribution in [0.1, 0.15) is 5.56 Å². The number of benzene rings is 2. The molecule has 4 rings (SSSR count). The van der Waals surface area contributed by atoms with E-state index in [2.05, 4.69) is 9.97 Å². The molecule has 0 radical (unpaired) electrons. The van der Waals surface area contributed by atoms with Crippen LogP contribution in [0.5, 0.6) is 17.2 Å². The van der Waals surface area contributed by atoms with E-state index in [1.807, 2.05) is 31.2 Å². The Bertz CT molecular complexity index is 796. The fourth-order valence-corrected chi connectivity index (χ4v) is 2.55. The van der Waals surface area contributed by atoms with Gasteiger partial charge >= 0.3 is 0 Å². The summed E-state index contributed by atoms with van der Waals surface area (Å²) in [5.74, 6) is 2.44. The van der Waals surface area contributed by atoms with Gasteiger partial charge in [0.1, 0.15) is 24.8 Å². The van der Waals surface area contributed by atoms with Crippen molar-refractivity contribution < 1.29 is 14.6 Å². The first kappa shape index (κ1) is 12.1. The SMILES string of the molecule is Cc1c(O)cccc1-c1nc2cc3c(cc2[nH]1)OCCO3. The maximum Gasteiger partial charge on any atom is 0.163 e. The van der Waals surface area contributed by atoms with Crippen molar-refractivity contribution in [2.75, 3.05) is 13.2 Å². The van der Waals surface area contributed by atoms with Crippen LogP contribution in [0.3, 0.4) is 0 Å². The quantitative estimate of drug-likeness (QED) is 0.720. The lowest BCUT2D eigenvalue weighted by Gasteiger charge is -2.17. The van der Waals surface area contributed by atoms with Gasteiger partial charge in [-0.15, -0.1) is 0 Å². The number of phenols is 1. The van der Waals surface area contributed by atoms with E-state index in [-0.39, 0.29) is 5.75 Å². The summed E-state index contributed by atoms with van der Waals surface area (Å²) in [5.41, 5.74) is 3.38. The van der Waals surface area contributed by atoms with E-state index in [0.29, 0.717) is 13.2 Å². The molecule has 0 amide bonds. The minimum atomic E-state index is 0.263. The molecule has 0 aliphatic carbocycles. The maximum atomic E-state index is 9.83. The molecule has 1 aliphatic rings. The number of aromatic amines is 1. The van der Waals surface area contributed by atoms with Crippen LogP contribution in [0.4, 0.5) is 0 Å². The smallest absolute Gasteiger partial charge is 0.163 e. The van der Waals surface area contributed by atoms with Crippen LogP contribution >= 0.6 is 0 Å². The molecule has 0 bridgehead atoms. The molecule has 1 aliphatic heterocycles. The van der Waals surface area contributed by atoms with Crippen molar-refractivity contribution in [1.29, 1.82) is 0 Å². The highest BCUT2D eigenvalue weighted by Gasteiger charge is 2.16. The van der Waals surface area contributed by atoms with Crippen molar-refractivity contribution in [3.05, 3.63) is 35.9 Å². The molecule has 2 aromatic carbocycles. The Hall–Kier alpha value is -2.69. The second-order valence-corrected chi connectivity index (χ2v) is 5.05. The summed E-state index contributed by atoms with van der Waals surface area (Å²) >= 11 is 0. The maximum absolute atomic E-state index is 9.83. The molecule has 3 aromatic rings. The van der Waals surface area contributed by atoms with Gasteiger partial charge in [-0.1, -0.05) is 12.1 Å². The van der Waals surface area contributed by atoms with E-state index in [1.54, 1.807) is 6.07 Å². The van der Waals surface area contributed by atoms with Gasteiger partial charge in [0, 0.05) is 23.3 Å². The van der Waals surface area contributed by atoms with Gasteiger partial charge in [-0.25, -0.2) is 4.98 Å². The third-order valence-corrected chi connectivity index (χ3v) is 3.71. The van der Waals surface area contributed by atoms with Crippen molar-refractivity contribution >= 4 is 11.0 Å². The fourth-order valence-electron chi connectivity index (χ4n) is 2.55. The zero-order valence-corrected chi connectivity index (χ0v) is 11.5. The predicted octanol–water partition coefficient (Wildman–Crippen LogP) is 3.02. The largest absolute Gasteiger partial charge is 0.508 e. The van der Waals surface area contributed by atoms with E-state index in [4.69, 9.17) is 9.47 Å². The van der Waals surface area contributed by atoms with Gasteiger partial charge in [-0.05, 0) is 13.0 Å². The monoisotopic (exact) mass is 282 g/mol. The molecule has 0 saturated heterocycles. The molecule has 106 valence electrons. The van der Waals surface area contributed by atoms with Crippen molar-refractivity contribution in [2.45, 2.75) is 6.92 Å². The van der Waals surface area contributed by atoms with Crippen LogP contribution in [0.15, 0.2) is 30.3 Å². The minimum absolute atomic E-state index is 0.263. The number of fused-ring (bicyclic) bond motifs is 2. The number of nitrogens with one attached hydrogen (secondary N) is 1. The van der Waals surface area contributed by atoms with Crippen LogP contribution in [-0.4, -0.2) is 28.3 Å². The average molecular weight is 282 g/mol. The first-order valence-electron chi connectivity index (χ1n) is 6.81. The Morgan fingerprint density at radius 3 is 2.71 bits per heavy atom. The number of aromatic hydroxyl groups is 1. The van der Waals surface area contributed by atoms with Gasteiger partial charge in [-0.2, -0.15) is 0 Å². The van der Waals surface area contributed by atoms with Crippen LogP contribution in [0, 0.1) is 6.92 Å². The van der Waals surface area contributed by atoms with E-state index < -0.39 is 0 Å². The van der Waals surface area contributed by atoms with E-state index in [9.17, 15) is 5.11 Å². The molecule has 0 atom stereocenters. The highest BCUT2D eigenvalue weighted by Crippen LogP contribution is 2.35. The van der Waals surface area contributed by atoms with Gasteiger partial charge in [0.25, 0.3) is 0 Å². The summed E-state index contributed by atoms with van der Waals surface area (Å²) in [6.07, 6.45) is 0. The highest BCUT2D eigenvalue weighted by molar-refractivity contribution is 5.83. The number of ether oxygens (including phenoxy) is 2. The zero-order valence-electron chi connectivity index (χ0n) is 11.5. The number of imidazole rings is 1. The standard InChI is InChI=1S/C16H14N2O3/c1-9-10(3-2-4-13(9)19)16-17-11-7-14-15(8-12(11)18-16)21-6-5-20-14/h2-4,7-8,19H,5-6H2,1H3,(H,17,18). The van der Waals surface area contributed by atoms with Crippen molar-refractivity contribution in [3.63, 3.8) is 0 Å². The molecular formula is C16H14N2O3. The Kier molecular flexibility index (Phi) is 2.54. The van der Waals surface area contributed by atoms with Crippen molar-refractivity contribution in [2.24, 2.45) is 0 Å². The van der Waals surface area contributed by atoms with Gasteiger partial charge in [0.05, 0.1) is 11.0 Å². The lowest BCUT2D eigenvalue weighted by atomic mass is 10.1. The van der Waals surface area contributed by atoms with E-state index >= 15 is 0 Å². The number of nitrogens with zero attached hydrogens (tertiary/aromatic N) is 1. The summed E-state index contributed by atoms with van der Waals surface area (Å²) in [6, 6.07) is 9.18. The predicted molar refractivity (Wildman–Crippen MR) is 78.9 cm³/mol. The Morgan fingerprint density at radius 2 is 1.90 bits per heavy atom. The molecule has 2 heterocycles. The van der Waals surface area contributed by atoms with Gasteiger partial charge in [0.2, 0.25) is 0 Å². The number of H-pyrrole nitrogens is 1. The Morgan fingerprint density at radius 1 is 1.14 bits per heavy atom. The minimum Gasteiger partial charge on any atom is -0.508 e. The normalized spacial score (nSPS) is 13.6. The number of hydrogen-bond acceptors (Lipinski definition) is 4. The lowest BCUT2D eigenvalue weighted by molar-refractivity contribution is 0.172. The molecule has 5 nitrogen and oxygen atoms in total. The Labute approximate surface area is 121 Å². The van der Waals surface area contributed by atoms with Crippen LogP contribution in [0.2, 0.25) is 0 Å². The summed E-state index contributed by atoms with van der Waals surface area (Å²) in [6.45, 7) is 2.99. The average Bonchev–Trinajstić information content (AvgIpc) is 2.90. The number of phenolic OH excluding ortho intramolecular Hbond substituents is 1. The second kappa shape index (κ2) is 4.41. The number of rotatable bonds is 1. The zero-order chi connectivity index (χ0) is 14.4. The topological polar surface area (TPSA) is 67.4 Å². The van der Waals surface area contributed by atoms with E-state index in [1.165, 1.54) is 0 Å². The number of aromatic nitrogens is 2. The fraction of sp³-hybridized carbons (Fsp3) is 0.188. The molecule has 0 spiro atoms. The first-order valence-corrected chi connectivity index (χ1v) is 6.81. The lowest BCUT2D eigenvalue weighted by Crippen LogP contribution is -2.15. The first-order chi connectivity index (χ1) is 10.2. The summed E-state index contributed by atoms with van der Waals surface area (Å²) in [5, 5.41) is 9.83. The molecule has 0 fully saturated rings. The van der Waals surface area contributed by atoms with Crippen molar-refractivity contribution in [1.82, 2.24) is 9.97 Å². The molecule has 2 N–H and O–H groups in total. The van der Waals surface area contributed by atoms with Gasteiger partial charge < -0.3 is 19.6 Å².